The van der Waals surface area contributed by atoms with Crippen molar-refractivity contribution in [2.75, 3.05) is 18.1 Å². The predicted molar refractivity (Wildman–Crippen MR) is 299 cm³/mol. The number of hydrogen-bond donors (Lipinski definition) is 16. The number of phenolic OH excluding ortho intramolecular Hbond substituents is 2. The molecule has 0 saturated carbocycles. The molecule has 0 bridgehead atoms. The third kappa shape index (κ3) is 21.5. The summed E-state index contributed by atoms with van der Waals surface area (Å²) in [5.41, 5.74) is 17.9. The number of carboxylic acid groups (broad SMARTS) is 1. The zero-order chi connectivity index (χ0) is 61.7. The van der Waals surface area contributed by atoms with Crippen LogP contribution in [0.1, 0.15) is 83.3 Å². The first-order valence-corrected chi connectivity index (χ1v) is 29.1. The lowest BCUT2D eigenvalue weighted by molar-refractivity contribution is -0.144. The fraction of sp³-hybridized carbons (Fsp3) is 0.538. The molecule has 2 aromatic carbocycles. The van der Waals surface area contributed by atoms with Crippen molar-refractivity contribution in [3.63, 3.8) is 0 Å². The van der Waals surface area contributed by atoms with Crippen molar-refractivity contribution in [2.24, 2.45) is 17.2 Å². The largest absolute Gasteiger partial charge is 0.508 e. The maximum absolute atomic E-state index is 14.3. The summed E-state index contributed by atoms with van der Waals surface area (Å²) in [6.07, 6.45) is -4.91. The molecule has 4 rings (SSSR count). The number of carbonyl (C=O) groups is 12. The number of aliphatic hydroxyl groups excluding tert-OH is 2. The Balaban J connectivity index is 1.78. The summed E-state index contributed by atoms with van der Waals surface area (Å²) in [7, 11) is 1.83. The van der Waals surface area contributed by atoms with Gasteiger partial charge in [0.2, 0.25) is 65.0 Å². The maximum atomic E-state index is 14.3. The van der Waals surface area contributed by atoms with E-state index in [-0.39, 0.29) is 61.7 Å². The topological polar surface area (TPSA) is 484 Å². The molecule has 11 amide bonds. The number of primary amides is 2. The number of unbranched alkanes of at least 4 members (excludes halogenated alkanes) is 1. The molecule has 2 fully saturated rings. The van der Waals surface area contributed by atoms with Gasteiger partial charge < -0.3 is 90.2 Å². The minimum Gasteiger partial charge on any atom is -0.508 e. The Hall–Kier alpha value is -7.74. The summed E-state index contributed by atoms with van der Waals surface area (Å²) < 4.78 is 0. The van der Waals surface area contributed by atoms with E-state index in [0.717, 1.165) is 40.3 Å². The predicted octanol–water partition coefficient (Wildman–Crippen LogP) is -4.35. The molecule has 2 saturated heterocycles. The average molecular weight is 1200 g/mol. The van der Waals surface area contributed by atoms with Crippen molar-refractivity contribution < 1.29 is 83.1 Å². The Morgan fingerprint density at radius 2 is 1.04 bits per heavy atom. The lowest BCUT2D eigenvalue weighted by Crippen LogP contribution is -2.63. The van der Waals surface area contributed by atoms with Crippen LogP contribution < -0.4 is 59.7 Å². The smallest absolute Gasteiger partial charge is 0.327 e. The molecule has 12 atom stereocenters. The van der Waals surface area contributed by atoms with Crippen LogP contribution in [-0.4, -0.2) is 192 Å². The van der Waals surface area contributed by atoms with Crippen LogP contribution in [0.4, 0.5) is 0 Å². The summed E-state index contributed by atoms with van der Waals surface area (Å²) in [5, 5.41) is 71.2. The lowest BCUT2D eigenvalue weighted by atomic mass is 10.0. The lowest BCUT2D eigenvalue weighted by Gasteiger charge is -2.31. The van der Waals surface area contributed by atoms with Gasteiger partial charge in [-0.25, -0.2) is 4.79 Å². The molecular formula is C52H74N12O17S2. The summed E-state index contributed by atoms with van der Waals surface area (Å²) in [6.45, 7) is 3.86. The van der Waals surface area contributed by atoms with Gasteiger partial charge in [-0.05, 0) is 74.9 Å². The van der Waals surface area contributed by atoms with Crippen molar-refractivity contribution in [3.05, 3.63) is 59.7 Å². The summed E-state index contributed by atoms with van der Waals surface area (Å²) >= 11 is 0. The highest BCUT2D eigenvalue weighted by molar-refractivity contribution is 8.76. The van der Waals surface area contributed by atoms with Crippen molar-refractivity contribution >= 4 is 92.5 Å². The number of phenols is 2. The van der Waals surface area contributed by atoms with Crippen molar-refractivity contribution in [1.29, 1.82) is 0 Å². The second-order valence-corrected chi connectivity index (χ2v) is 22.6. The van der Waals surface area contributed by atoms with E-state index in [1.54, 1.807) is 6.92 Å². The number of nitrogens with zero attached hydrogens (tertiary/aromatic N) is 1. The van der Waals surface area contributed by atoms with Crippen LogP contribution in [0.2, 0.25) is 0 Å². The Kier molecular flexibility index (Phi) is 26.8. The molecule has 83 heavy (non-hydrogen) atoms. The van der Waals surface area contributed by atoms with Gasteiger partial charge in [0.25, 0.3) is 0 Å². The van der Waals surface area contributed by atoms with Gasteiger partial charge in [0.15, 0.2) is 0 Å². The Labute approximate surface area is 485 Å². The molecule has 29 nitrogen and oxygen atoms in total. The van der Waals surface area contributed by atoms with Crippen molar-refractivity contribution in [3.8, 4) is 11.5 Å². The van der Waals surface area contributed by atoms with E-state index in [9.17, 15) is 83.1 Å². The van der Waals surface area contributed by atoms with E-state index in [0.29, 0.717) is 24.0 Å². The molecule has 0 aromatic heterocycles. The molecule has 2 aromatic rings. The number of fused-ring (bicyclic) bond motifs is 1. The number of nitrogens with one attached hydrogen (secondary N) is 8. The van der Waals surface area contributed by atoms with E-state index in [2.05, 4.69) is 42.5 Å². The normalized spacial score (nSPS) is 26.3. The minimum absolute atomic E-state index is 0.0318. The number of carboxylic acids is 1. The molecular weight excluding hydrogens is 1130 g/mol. The van der Waals surface area contributed by atoms with Gasteiger partial charge in [-0.2, -0.15) is 0 Å². The highest BCUT2D eigenvalue weighted by Crippen LogP contribution is 2.24. The van der Waals surface area contributed by atoms with Crippen LogP contribution in [0.25, 0.3) is 0 Å². The quantitative estimate of drug-likeness (QED) is 0.0750. The molecule has 0 radical (unpaired) electrons. The molecule has 2 aliphatic rings. The van der Waals surface area contributed by atoms with E-state index >= 15 is 0 Å². The molecule has 0 aliphatic carbocycles. The number of amides is 11. The van der Waals surface area contributed by atoms with E-state index < -0.39 is 163 Å². The molecule has 2 heterocycles. The van der Waals surface area contributed by atoms with Gasteiger partial charge in [-0.1, -0.05) is 65.6 Å². The van der Waals surface area contributed by atoms with Crippen LogP contribution in [0.3, 0.4) is 0 Å². The fourth-order valence-electron chi connectivity index (χ4n) is 8.71. The second kappa shape index (κ2) is 32.8. The van der Waals surface area contributed by atoms with Crippen LogP contribution in [-0.2, 0) is 70.4 Å². The van der Waals surface area contributed by atoms with Crippen LogP contribution in [0, 0.1) is 0 Å². The molecule has 2 aliphatic heterocycles. The summed E-state index contributed by atoms with van der Waals surface area (Å²) in [5.74, 6) is -13.7. The zero-order valence-corrected chi connectivity index (χ0v) is 47.5. The average Bonchev–Trinajstić information content (AvgIpc) is 4.19. The van der Waals surface area contributed by atoms with Gasteiger partial charge in [0.1, 0.15) is 65.9 Å². The molecule has 0 spiro atoms. The van der Waals surface area contributed by atoms with E-state index in [1.165, 1.54) is 48.5 Å². The fourth-order valence-corrected chi connectivity index (χ4v) is 11.0. The Bertz CT molecular complexity index is 2650. The number of aliphatic hydroxyl groups is 2. The van der Waals surface area contributed by atoms with Gasteiger partial charge in [0, 0.05) is 37.3 Å². The zero-order valence-electron chi connectivity index (χ0n) is 45.9. The first-order valence-electron chi connectivity index (χ1n) is 26.6. The van der Waals surface area contributed by atoms with Crippen molar-refractivity contribution in [2.45, 2.75) is 158 Å². The number of rotatable bonds is 15. The Morgan fingerprint density at radius 3 is 1.53 bits per heavy atom. The molecule has 31 heteroatoms. The first-order chi connectivity index (χ1) is 39.2. The summed E-state index contributed by atoms with van der Waals surface area (Å²) in [4.78, 5) is 165. The third-order valence-electron chi connectivity index (χ3n) is 13.3. The second-order valence-electron chi connectivity index (χ2n) is 20.1. The first kappa shape index (κ1) is 67.8. The highest BCUT2D eigenvalue weighted by Gasteiger charge is 2.42. The van der Waals surface area contributed by atoms with Gasteiger partial charge in [-0.15, -0.1) is 0 Å². The molecule has 456 valence electrons. The maximum Gasteiger partial charge on any atom is 0.327 e. The van der Waals surface area contributed by atoms with Gasteiger partial charge in [0.05, 0.1) is 24.7 Å². The summed E-state index contributed by atoms with van der Waals surface area (Å²) in [6, 6.07) is -5.34. The number of nitrogens with two attached hydrogens (primary N) is 3. The van der Waals surface area contributed by atoms with E-state index in [4.69, 9.17) is 17.2 Å². The van der Waals surface area contributed by atoms with Crippen LogP contribution in [0.15, 0.2) is 48.5 Å². The molecule has 0 unspecified atom stereocenters. The SMILES string of the molecule is CCCC[C@@H]1NC(=O)[C@H](CCC(N)=O)NC(=O)[C@H](Cc2ccc(O)cc2)NC(=O)[C@H]([C@@H](C)O)NC(=O)[C@H]([C@@H](C)O)NC(=O)[C@@H]2CCCN2C(=O)[C@H](CC(N)=O)NC(=O)[C@H](Cc2ccc(O)cc2)NC(=O)[C@@H](N)CSSC[C@@H](C(=O)O)NC1=O. The third-order valence-corrected chi connectivity index (χ3v) is 15.8. The number of benzene rings is 2. The van der Waals surface area contributed by atoms with E-state index in [1.807, 2.05) is 0 Å². The number of hydrogen-bond acceptors (Lipinski definition) is 19. The minimum atomic E-state index is -1.94. The number of aliphatic carboxylic acids is 1. The van der Waals surface area contributed by atoms with Crippen LogP contribution >= 0.6 is 21.6 Å². The number of carbonyl (C=O) groups excluding carboxylic acids is 11. The standard InChI is InChI=1S/C52H74N12O17S2/c1-4-5-7-32-44(72)61-37(52(80)81)24-83-82-23-31(53)43(71)58-34(20-27-9-13-29(67)14-10-27)47(75)60-36(22-40(55)70)51(79)64-19-6-8-38(64)48(76)62-42(26(3)66)50(78)63-41(25(2)65)49(77)59-35(21-28-11-15-30(68)16-12-28)46(74)57-33(45(73)56-32)17-18-39(54)69/h9-16,25-26,31-38,41-42,65-68H,4-8,17-24,53H2,1-3H3,(H2,54,69)(H2,55,70)(H,56,73)(H,57,74)(H,58,71)(H,59,77)(H,60,75)(H,61,72)(H,62,76)(H,63,78)(H,80,81)/t25-,26-,31+,32+,33+,34+,35+,36+,37+,38+,41+,42+/m1/s1. The molecule has 19 N–H and O–H groups in total. The van der Waals surface area contributed by atoms with Crippen molar-refractivity contribution in [1.82, 2.24) is 47.4 Å². The van der Waals surface area contributed by atoms with Gasteiger partial charge >= 0.3 is 5.97 Å². The van der Waals surface area contributed by atoms with Gasteiger partial charge in [-0.3, -0.25) is 52.7 Å². The number of aromatic hydroxyl groups is 2. The van der Waals surface area contributed by atoms with Crippen LogP contribution in [0.5, 0.6) is 11.5 Å². The Morgan fingerprint density at radius 1 is 0.590 bits per heavy atom. The monoisotopic (exact) mass is 1200 g/mol. The highest BCUT2D eigenvalue weighted by atomic mass is 33.1.